The first-order valence-electron chi connectivity index (χ1n) is 4.01. The predicted molar refractivity (Wildman–Crippen MR) is 46.0 cm³/mol. The van der Waals surface area contributed by atoms with Gasteiger partial charge in [-0.05, 0) is 0 Å². The van der Waals surface area contributed by atoms with Crippen LogP contribution in [0.3, 0.4) is 0 Å². The van der Waals surface area contributed by atoms with Crippen LogP contribution < -0.4 is 5.26 Å². The van der Waals surface area contributed by atoms with E-state index in [2.05, 4.69) is 9.37 Å². The Morgan fingerprint density at radius 3 is 2.44 bits per heavy atom. The molecular weight excluding hydrogens is 272 g/mol. The summed E-state index contributed by atoms with van der Waals surface area (Å²) in [7, 11) is -4.89. The van der Waals surface area contributed by atoms with E-state index in [0.717, 1.165) is 0 Å². The molecule has 1 rings (SSSR count). The van der Waals surface area contributed by atoms with Crippen LogP contribution in [-0.2, 0) is 24.1 Å². The molecule has 0 amide bonds. The number of halogens is 2. The number of nitrogens with zero attached hydrogens (tertiary/aromatic N) is 1. The largest absolute Gasteiger partial charge is 0.691 e. The highest BCUT2D eigenvalue weighted by Gasteiger charge is 2.51. The van der Waals surface area contributed by atoms with Crippen LogP contribution in [0.1, 0.15) is 0 Å². The monoisotopic (exact) mass is 280 g/mol. The van der Waals surface area contributed by atoms with Gasteiger partial charge in [-0.1, -0.05) is 0 Å². The van der Waals surface area contributed by atoms with E-state index in [1.807, 2.05) is 0 Å². The molecule has 0 N–H and O–H groups in total. The zero-order chi connectivity index (χ0) is 12.2. The van der Waals surface area contributed by atoms with Crippen LogP contribution in [0, 0.1) is 0 Å². The summed E-state index contributed by atoms with van der Waals surface area (Å²) in [4.78, 5) is 0. The molecular formula is C5H8F2NO6S2-. The number of morpholine rings is 1. The lowest BCUT2D eigenvalue weighted by Crippen LogP contribution is -2.47. The molecule has 7 nitrogen and oxygen atoms in total. The van der Waals surface area contributed by atoms with E-state index in [-0.39, 0.29) is 26.3 Å². The fraction of sp³-hybridized carbons (Fsp3) is 1.00. The van der Waals surface area contributed by atoms with Crippen molar-refractivity contribution in [3.8, 4) is 0 Å². The first kappa shape index (κ1) is 14.0. The van der Waals surface area contributed by atoms with E-state index in [9.17, 15) is 22.5 Å². The Kier molecular flexibility index (Phi) is 4.85. The topological polar surface area (TPSA) is 88.1 Å². The minimum Gasteiger partial charge on any atom is -0.691 e. The summed E-state index contributed by atoms with van der Waals surface area (Å²) in [6.07, 6.45) is 0. The molecule has 11 heteroatoms. The maximum Gasteiger partial charge on any atom is 0.433 e. The van der Waals surface area contributed by atoms with Gasteiger partial charge in [0, 0.05) is 13.1 Å². The van der Waals surface area contributed by atoms with Crippen LogP contribution >= 0.6 is 12.0 Å². The van der Waals surface area contributed by atoms with Crippen LogP contribution in [0.4, 0.5) is 8.78 Å². The van der Waals surface area contributed by atoms with Gasteiger partial charge < -0.3 is 9.99 Å². The van der Waals surface area contributed by atoms with Crippen LogP contribution in [-0.4, -0.2) is 43.6 Å². The number of hydrogen-bond acceptors (Lipinski definition) is 7. The summed E-state index contributed by atoms with van der Waals surface area (Å²) in [5.74, 6) is 0. The van der Waals surface area contributed by atoms with E-state index in [1.165, 1.54) is 0 Å². The van der Waals surface area contributed by atoms with Crippen molar-refractivity contribution in [1.82, 2.24) is 4.31 Å². The van der Waals surface area contributed by atoms with Gasteiger partial charge in [0.1, 0.15) is 12.0 Å². The van der Waals surface area contributed by atoms with Crippen LogP contribution in [0.15, 0.2) is 0 Å². The van der Waals surface area contributed by atoms with Crippen molar-refractivity contribution in [3.05, 3.63) is 0 Å². The Morgan fingerprint density at radius 2 is 1.94 bits per heavy atom. The van der Waals surface area contributed by atoms with Crippen molar-refractivity contribution in [1.29, 1.82) is 0 Å². The Balaban J connectivity index is 2.74. The third-order valence-electron chi connectivity index (χ3n) is 1.77. The number of ether oxygens (including phenoxy) is 1. The minimum atomic E-state index is -4.89. The fourth-order valence-electron chi connectivity index (χ4n) is 1.03. The normalized spacial score (nSPS) is 19.9. The molecule has 96 valence electrons. The Labute approximate surface area is 94.4 Å². The molecule has 0 radical (unpaired) electrons. The zero-order valence-corrected chi connectivity index (χ0v) is 9.43. The van der Waals surface area contributed by atoms with Crippen molar-refractivity contribution in [3.63, 3.8) is 0 Å². The summed E-state index contributed by atoms with van der Waals surface area (Å²) in [6, 6.07) is 0. The summed E-state index contributed by atoms with van der Waals surface area (Å²) in [5.41, 5.74) is 0. The zero-order valence-electron chi connectivity index (χ0n) is 7.80. The highest BCUT2D eigenvalue weighted by Crippen LogP contribution is 2.37. The molecule has 0 atom stereocenters. The van der Waals surface area contributed by atoms with Gasteiger partial charge in [-0.15, -0.1) is 0 Å². The maximum absolute atomic E-state index is 13.1. The maximum atomic E-state index is 13.1. The summed E-state index contributed by atoms with van der Waals surface area (Å²) in [6.45, 7) is -0.259. The van der Waals surface area contributed by atoms with Crippen LogP contribution in [0.2, 0.25) is 0 Å². The minimum absolute atomic E-state index is 0.0406. The van der Waals surface area contributed by atoms with Crippen molar-refractivity contribution in [2.45, 2.75) is 4.59 Å². The van der Waals surface area contributed by atoms with Crippen LogP contribution in [0.25, 0.3) is 0 Å². The first-order chi connectivity index (χ1) is 7.42. The summed E-state index contributed by atoms with van der Waals surface area (Å²) >= 11 is -0.859. The molecule has 0 aromatic heterocycles. The van der Waals surface area contributed by atoms with Gasteiger partial charge in [-0.25, -0.2) is 8.42 Å². The second-order valence-electron chi connectivity index (χ2n) is 2.70. The standard InChI is InChI=1S/C5H9F2NO6S2/c6-5(7,15-14-13-9)16(10,11)8-1-3-12-4-2-8/h9H,1-4H2/p-1. The Hall–Kier alpha value is -0.0400. The SMILES string of the molecule is O=S(=O)(N1CCOCC1)C(F)(F)SOO[O-]. The third kappa shape index (κ3) is 3.00. The number of hydrogen-bond donors (Lipinski definition) is 0. The van der Waals surface area contributed by atoms with Crippen molar-refractivity contribution < 1.29 is 36.6 Å². The molecule has 1 saturated heterocycles. The molecule has 1 aliphatic rings. The average molecular weight is 280 g/mol. The second kappa shape index (κ2) is 5.53. The highest BCUT2D eigenvalue weighted by molar-refractivity contribution is 8.10. The molecule has 0 aromatic rings. The molecule has 0 aliphatic carbocycles. The van der Waals surface area contributed by atoms with E-state index >= 15 is 0 Å². The molecule has 1 aliphatic heterocycles. The van der Waals surface area contributed by atoms with Gasteiger partial charge in [0.05, 0.1) is 13.2 Å². The van der Waals surface area contributed by atoms with Crippen molar-refractivity contribution >= 4 is 22.1 Å². The van der Waals surface area contributed by atoms with E-state index in [4.69, 9.17) is 4.74 Å². The van der Waals surface area contributed by atoms with Crippen LogP contribution in [0.5, 0.6) is 0 Å². The van der Waals surface area contributed by atoms with Gasteiger partial charge in [0.25, 0.3) is 10.0 Å². The summed E-state index contributed by atoms with van der Waals surface area (Å²) in [5, 5.41) is 12.1. The Bertz CT molecular complexity index is 317. The lowest BCUT2D eigenvalue weighted by Gasteiger charge is -2.28. The molecule has 1 fully saturated rings. The molecule has 0 aromatic carbocycles. The van der Waals surface area contributed by atoms with Gasteiger partial charge >= 0.3 is 4.59 Å². The molecule has 0 spiro atoms. The van der Waals surface area contributed by atoms with Gasteiger partial charge in [-0.2, -0.15) is 17.4 Å². The first-order valence-corrected chi connectivity index (χ1v) is 6.19. The van der Waals surface area contributed by atoms with Crippen molar-refractivity contribution in [2.75, 3.05) is 26.3 Å². The molecule has 0 saturated carbocycles. The van der Waals surface area contributed by atoms with Gasteiger partial charge in [-0.3, -0.25) is 5.04 Å². The average Bonchev–Trinajstić information content (AvgIpc) is 2.27. The summed E-state index contributed by atoms with van der Waals surface area (Å²) < 4.78 is 53.5. The number of sulfonamides is 1. The molecule has 1 heterocycles. The van der Waals surface area contributed by atoms with Crippen molar-refractivity contribution in [2.24, 2.45) is 0 Å². The Morgan fingerprint density at radius 1 is 1.38 bits per heavy atom. The third-order valence-corrected chi connectivity index (χ3v) is 4.57. The lowest BCUT2D eigenvalue weighted by atomic mass is 10.5. The smallest absolute Gasteiger partial charge is 0.433 e. The number of alkyl halides is 2. The van der Waals surface area contributed by atoms with Gasteiger partial charge in [0.15, 0.2) is 0 Å². The second-order valence-corrected chi connectivity index (χ2v) is 5.75. The highest BCUT2D eigenvalue weighted by atomic mass is 32.3. The quantitative estimate of drug-likeness (QED) is 0.365. The predicted octanol–water partition coefficient (Wildman–Crippen LogP) is -0.930. The molecule has 16 heavy (non-hydrogen) atoms. The molecule has 0 unspecified atom stereocenters. The molecule has 0 bridgehead atoms. The van der Waals surface area contributed by atoms with E-state index in [1.54, 1.807) is 0 Å². The lowest BCUT2D eigenvalue weighted by molar-refractivity contribution is -0.777. The van der Waals surface area contributed by atoms with E-state index in [0.29, 0.717) is 4.31 Å². The fourth-order valence-corrected chi connectivity index (χ4v) is 2.81. The van der Waals surface area contributed by atoms with E-state index < -0.39 is 26.7 Å². The number of rotatable bonds is 5. The van der Waals surface area contributed by atoms with Gasteiger partial charge in [0.2, 0.25) is 0 Å².